The van der Waals surface area contributed by atoms with E-state index in [0.29, 0.717) is 12.5 Å². The van der Waals surface area contributed by atoms with Crippen molar-refractivity contribution in [1.82, 2.24) is 4.98 Å². The van der Waals surface area contributed by atoms with E-state index < -0.39 is 0 Å². The minimum absolute atomic E-state index is 0. The van der Waals surface area contributed by atoms with Gasteiger partial charge in [0, 0.05) is 35.4 Å². The van der Waals surface area contributed by atoms with Gasteiger partial charge in [-0.15, -0.1) is 24.0 Å². The number of aromatic nitrogens is 1. The number of benzene rings is 2. The van der Waals surface area contributed by atoms with E-state index in [1.54, 1.807) is 21.3 Å². The van der Waals surface area contributed by atoms with E-state index in [1.807, 2.05) is 36.4 Å². The van der Waals surface area contributed by atoms with Crippen LogP contribution in [0.4, 0.5) is 5.69 Å². The lowest BCUT2D eigenvalue weighted by molar-refractivity contribution is 0.398. The van der Waals surface area contributed by atoms with Gasteiger partial charge in [-0.05, 0) is 43.2 Å². The number of H-pyrrole nitrogens is 1. The SMILES string of the molecule is COc1ccc(NC(N)=NCCCc2cc3c(OC)cc(OC)cc3[nH]2)cc1.I. The number of nitrogens with zero attached hydrogens (tertiary/aromatic N) is 1. The Morgan fingerprint density at radius 1 is 1.00 bits per heavy atom. The maximum Gasteiger partial charge on any atom is 0.193 e. The fourth-order valence-electron chi connectivity index (χ4n) is 2.99. The summed E-state index contributed by atoms with van der Waals surface area (Å²) >= 11 is 0. The number of hydrogen-bond donors (Lipinski definition) is 3. The van der Waals surface area contributed by atoms with Gasteiger partial charge in [-0.25, -0.2) is 0 Å². The Labute approximate surface area is 187 Å². The number of anilines is 1. The molecule has 3 aromatic rings. The molecular formula is C21H27IN4O3. The smallest absolute Gasteiger partial charge is 0.193 e. The van der Waals surface area contributed by atoms with Crippen molar-refractivity contribution in [2.24, 2.45) is 10.7 Å². The van der Waals surface area contributed by atoms with E-state index >= 15 is 0 Å². The molecule has 0 aliphatic carbocycles. The van der Waals surface area contributed by atoms with Crippen LogP contribution in [0.25, 0.3) is 10.9 Å². The molecule has 1 aromatic heterocycles. The molecule has 29 heavy (non-hydrogen) atoms. The summed E-state index contributed by atoms with van der Waals surface area (Å²) in [6, 6.07) is 13.5. The molecule has 0 fully saturated rings. The van der Waals surface area contributed by atoms with Gasteiger partial charge < -0.3 is 30.2 Å². The van der Waals surface area contributed by atoms with Gasteiger partial charge in [0.25, 0.3) is 0 Å². The number of nitrogens with two attached hydrogens (primary N) is 1. The van der Waals surface area contributed by atoms with Crippen LogP contribution in [0.5, 0.6) is 17.2 Å². The van der Waals surface area contributed by atoms with Crippen molar-refractivity contribution in [3.05, 3.63) is 48.2 Å². The highest BCUT2D eigenvalue weighted by Gasteiger charge is 2.09. The third kappa shape index (κ3) is 5.93. The van der Waals surface area contributed by atoms with Crippen molar-refractivity contribution in [2.45, 2.75) is 12.8 Å². The molecule has 3 rings (SSSR count). The number of aromatic amines is 1. The second-order valence-corrected chi connectivity index (χ2v) is 6.31. The highest BCUT2D eigenvalue weighted by Crippen LogP contribution is 2.31. The molecule has 0 saturated heterocycles. The average molecular weight is 510 g/mol. The van der Waals surface area contributed by atoms with E-state index in [9.17, 15) is 0 Å². The van der Waals surface area contributed by atoms with Gasteiger partial charge in [0.15, 0.2) is 5.96 Å². The van der Waals surface area contributed by atoms with Crippen molar-refractivity contribution in [2.75, 3.05) is 33.2 Å². The van der Waals surface area contributed by atoms with E-state index in [1.165, 1.54) is 0 Å². The second-order valence-electron chi connectivity index (χ2n) is 6.31. The number of fused-ring (bicyclic) bond motifs is 1. The molecule has 0 radical (unpaired) electrons. The van der Waals surface area contributed by atoms with Gasteiger partial charge in [0.2, 0.25) is 0 Å². The number of ether oxygens (including phenoxy) is 3. The summed E-state index contributed by atoms with van der Waals surface area (Å²) in [6.07, 6.45) is 1.73. The van der Waals surface area contributed by atoms with Gasteiger partial charge >= 0.3 is 0 Å². The topological polar surface area (TPSA) is 93.9 Å². The van der Waals surface area contributed by atoms with Crippen molar-refractivity contribution in [3.63, 3.8) is 0 Å². The lowest BCUT2D eigenvalue weighted by atomic mass is 10.2. The minimum atomic E-state index is 0. The van der Waals surface area contributed by atoms with Gasteiger partial charge in [0.05, 0.1) is 26.8 Å². The number of aryl methyl sites for hydroxylation is 1. The Morgan fingerprint density at radius 2 is 1.72 bits per heavy atom. The fraction of sp³-hybridized carbons (Fsp3) is 0.286. The van der Waals surface area contributed by atoms with Crippen LogP contribution >= 0.6 is 24.0 Å². The number of aliphatic imine (C=N–C) groups is 1. The zero-order valence-corrected chi connectivity index (χ0v) is 19.2. The molecule has 0 bridgehead atoms. The van der Waals surface area contributed by atoms with Crippen molar-refractivity contribution in [3.8, 4) is 17.2 Å². The minimum Gasteiger partial charge on any atom is -0.497 e. The maximum atomic E-state index is 5.96. The summed E-state index contributed by atoms with van der Waals surface area (Å²) in [6.45, 7) is 0.630. The highest BCUT2D eigenvalue weighted by molar-refractivity contribution is 14.0. The molecule has 7 nitrogen and oxygen atoms in total. The van der Waals surface area contributed by atoms with E-state index in [0.717, 1.165) is 52.4 Å². The fourth-order valence-corrected chi connectivity index (χ4v) is 2.99. The molecular weight excluding hydrogens is 483 g/mol. The molecule has 0 aliphatic heterocycles. The first kappa shape index (κ1) is 22.7. The maximum absolute atomic E-state index is 5.96. The Hall–Kier alpha value is -2.62. The van der Waals surface area contributed by atoms with Crippen LogP contribution in [0.2, 0.25) is 0 Å². The first-order chi connectivity index (χ1) is 13.6. The third-order valence-electron chi connectivity index (χ3n) is 4.43. The van der Waals surface area contributed by atoms with E-state index in [4.69, 9.17) is 19.9 Å². The average Bonchev–Trinajstić information content (AvgIpc) is 3.13. The Bertz CT molecular complexity index is 954. The van der Waals surface area contributed by atoms with E-state index in [2.05, 4.69) is 21.4 Å². The summed E-state index contributed by atoms with van der Waals surface area (Å²) in [7, 11) is 4.94. The summed E-state index contributed by atoms with van der Waals surface area (Å²) in [4.78, 5) is 7.80. The molecule has 1 heterocycles. The van der Waals surface area contributed by atoms with Gasteiger partial charge in [-0.2, -0.15) is 0 Å². The van der Waals surface area contributed by atoms with Gasteiger partial charge in [0.1, 0.15) is 17.2 Å². The van der Waals surface area contributed by atoms with Crippen LogP contribution in [0, 0.1) is 0 Å². The van der Waals surface area contributed by atoms with Gasteiger partial charge in [-0.3, -0.25) is 4.99 Å². The molecule has 0 spiro atoms. The lowest BCUT2D eigenvalue weighted by Crippen LogP contribution is -2.22. The number of nitrogens with one attached hydrogen (secondary N) is 2. The summed E-state index contributed by atoms with van der Waals surface area (Å²) in [5.74, 6) is 2.75. The number of rotatable bonds is 8. The Balaban J connectivity index is 0.00000300. The van der Waals surface area contributed by atoms with Crippen LogP contribution in [0.15, 0.2) is 47.5 Å². The Morgan fingerprint density at radius 3 is 2.38 bits per heavy atom. The van der Waals surface area contributed by atoms with Crippen LogP contribution in [0.1, 0.15) is 12.1 Å². The number of halogens is 1. The van der Waals surface area contributed by atoms with Crippen LogP contribution < -0.4 is 25.3 Å². The normalized spacial score (nSPS) is 11.1. The zero-order valence-electron chi connectivity index (χ0n) is 16.8. The van der Waals surface area contributed by atoms with Crippen LogP contribution in [-0.2, 0) is 6.42 Å². The van der Waals surface area contributed by atoms with Crippen molar-refractivity contribution in [1.29, 1.82) is 0 Å². The largest absolute Gasteiger partial charge is 0.497 e. The first-order valence-corrected chi connectivity index (χ1v) is 9.07. The predicted molar refractivity (Wildman–Crippen MR) is 128 cm³/mol. The molecule has 0 saturated carbocycles. The predicted octanol–water partition coefficient (Wildman–Crippen LogP) is 4.17. The molecule has 8 heteroatoms. The molecule has 0 unspecified atom stereocenters. The first-order valence-electron chi connectivity index (χ1n) is 9.07. The molecule has 0 atom stereocenters. The molecule has 156 valence electrons. The standard InChI is InChI=1S/C21H26N4O3.HI/c1-26-16-8-6-14(7-9-16)25-21(22)23-10-4-5-15-11-18-19(24-15)12-17(27-2)13-20(18)28-3;/h6-9,11-13,24H,4-5,10H2,1-3H3,(H3,22,23,25);1H. The number of hydrogen-bond acceptors (Lipinski definition) is 4. The Kier molecular flexibility index (Phi) is 8.44. The zero-order chi connectivity index (χ0) is 19.9. The molecule has 0 amide bonds. The summed E-state index contributed by atoms with van der Waals surface area (Å²) in [5, 5.41) is 4.12. The quantitative estimate of drug-likeness (QED) is 0.183. The van der Waals surface area contributed by atoms with Crippen molar-refractivity contribution < 1.29 is 14.2 Å². The summed E-state index contributed by atoms with van der Waals surface area (Å²) < 4.78 is 15.9. The molecule has 2 aromatic carbocycles. The number of guanidine groups is 1. The highest BCUT2D eigenvalue weighted by atomic mass is 127. The van der Waals surface area contributed by atoms with E-state index in [-0.39, 0.29) is 24.0 Å². The van der Waals surface area contributed by atoms with Crippen molar-refractivity contribution >= 4 is 46.5 Å². The van der Waals surface area contributed by atoms with Gasteiger partial charge in [-0.1, -0.05) is 0 Å². The molecule has 0 aliphatic rings. The third-order valence-corrected chi connectivity index (χ3v) is 4.43. The summed E-state index contributed by atoms with van der Waals surface area (Å²) in [5.41, 5.74) is 8.95. The second kappa shape index (κ2) is 10.8. The van der Waals surface area contributed by atoms with Crippen LogP contribution in [0.3, 0.4) is 0 Å². The van der Waals surface area contributed by atoms with Crippen LogP contribution in [-0.4, -0.2) is 38.8 Å². The monoisotopic (exact) mass is 510 g/mol. The number of methoxy groups -OCH3 is 3. The molecule has 4 N–H and O–H groups in total. The lowest BCUT2D eigenvalue weighted by Gasteiger charge is -2.06.